The van der Waals surface area contributed by atoms with Crippen molar-refractivity contribution in [3.8, 4) is 0 Å². The molecular weight excluding hydrogens is 252 g/mol. The maximum atomic E-state index is 10.3. The summed E-state index contributed by atoms with van der Waals surface area (Å²) >= 11 is 0. The highest BCUT2D eigenvalue weighted by atomic mass is 16.4. The third-order valence-corrected chi connectivity index (χ3v) is 3.42. The molecule has 1 atom stereocenters. The minimum Gasteiger partial charge on any atom is -0.481 e. The van der Waals surface area contributed by atoms with E-state index in [1.165, 1.54) is 32.1 Å². The van der Waals surface area contributed by atoms with E-state index in [1.54, 1.807) is 0 Å². The molecule has 0 fully saturated rings. The van der Waals surface area contributed by atoms with Gasteiger partial charge >= 0.3 is 5.97 Å². The molecule has 2 N–H and O–H groups in total. The standard InChI is InChI=1S/C17H32O3/c1-16(18)14-12-10-8-6-4-2-3-5-7-9-11-13-15-17(19)20/h5,7,16,18H,2-4,6,8-15H2,1H3,(H,19,20). The Labute approximate surface area is 124 Å². The van der Waals surface area contributed by atoms with E-state index in [9.17, 15) is 4.79 Å². The number of carboxylic acid groups (broad SMARTS) is 1. The van der Waals surface area contributed by atoms with Gasteiger partial charge in [-0.2, -0.15) is 0 Å². The second-order valence-corrected chi connectivity index (χ2v) is 5.66. The highest BCUT2D eigenvalue weighted by Gasteiger charge is 1.96. The number of rotatable bonds is 14. The first kappa shape index (κ1) is 19.2. The van der Waals surface area contributed by atoms with Crippen molar-refractivity contribution in [2.24, 2.45) is 0 Å². The van der Waals surface area contributed by atoms with Gasteiger partial charge in [-0.3, -0.25) is 4.79 Å². The van der Waals surface area contributed by atoms with Crippen molar-refractivity contribution in [1.82, 2.24) is 0 Å². The van der Waals surface area contributed by atoms with Crippen molar-refractivity contribution < 1.29 is 15.0 Å². The third kappa shape index (κ3) is 17.2. The van der Waals surface area contributed by atoms with Gasteiger partial charge in [-0.05, 0) is 45.4 Å². The molecule has 118 valence electrons. The molecule has 0 saturated heterocycles. The summed E-state index contributed by atoms with van der Waals surface area (Å²) in [6.45, 7) is 1.86. The van der Waals surface area contributed by atoms with Crippen LogP contribution in [-0.2, 0) is 4.79 Å². The minimum atomic E-state index is -0.692. The lowest BCUT2D eigenvalue weighted by molar-refractivity contribution is -0.137. The number of allylic oxidation sites excluding steroid dienone is 2. The monoisotopic (exact) mass is 284 g/mol. The Morgan fingerprint density at radius 1 is 0.900 bits per heavy atom. The molecule has 0 radical (unpaired) electrons. The van der Waals surface area contributed by atoms with Crippen LogP contribution in [0.1, 0.15) is 84.0 Å². The molecule has 0 aliphatic rings. The van der Waals surface area contributed by atoms with E-state index in [0.717, 1.165) is 38.5 Å². The molecular formula is C17H32O3. The number of aliphatic carboxylic acids is 1. The first-order valence-corrected chi connectivity index (χ1v) is 8.17. The molecule has 3 nitrogen and oxygen atoms in total. The second-order valence-electron chi connectivity index (χ2n) is 5.66. The van der Waals surface area contributed by atoms with E-state index < -0.39 is 5.97 Å². The van der Waals surface area contributed by atoms with E-state index in [-0.39, 0.29) is 6.10 Å². The Bertz CT molecular complexity index is 247. The fraction of sp³-hybridized carbons (Fsp3) is 0.824. The number of unbranched alkanes of at least 4 members (excludes halogenated alkanes) is 8. The maximum absolute atomic E-state index is 10.3. The van der Waals surface area contributed by atoms with E-state index in [2.05, 4.69) is 12.2 Å². The van der Waals surface area contributed by atoms with Gasteiger partial charge in [-0.25, -0.2) is 0 Å². The summed E-state index contributed by atoms with van der Waals surface area (Å²) in [4.78, 5) is 10.3. The smallest absolute Gasteiger partial charge is 0.303 e. The second kappa shape index (κ2) is 14.6. The van der Waals surface area contributed by atoms with Crippen LogP contribution in [0, 0.1) is 0 Å². The molecule has 0 aromatic heterocycles. The Kier molecular flexibility index (Phi) is 14.0. The maximum Gasteiger partial charge on any atom is 0.303 e. The minimum absolute atomic E-state index is 0.143. The number of hydrogen-bond donors (Lipinski definition) is 2. The average Bonchev–Trinajstić information content (AvgIpc) is 2.38. The summed E-state index contributed by atoms with van der Waals surface area (Å²) < 4.78 is 0. The zero-order valence-corrected chi connectivity index (χ0v) is 13.0. The van der Waals surface area contributed by atoms with Crippen LogP contribution in [-0.4, -0.2) is 22.3 Å². The van der Waals surface area contributed by atoms with E-state index in [4.69, 9.17) is 10.2 Å². The molecule has 0 aliphatic carbocycles. The number of aliphatic hydroxyl groups excluding tert-OH is 1. The number of carbonyl (C=O) groups is 1. The van der Waals surface area contributed by atoms with Crippen LogP contribution in [0.2, 0.25) is 0 Å². The summed E-state index contributed by atoms with van der Waals surface area (Å²) in [5, 5.41) is 17.6. The normalized spacial score (nSPS) is 12.9. The van der Waals surface area contributed by atoms with Crippen LogP contribution in [0.3, 0.4) is 0 Å². The van der Waals surface area contributed by atoms with Crippen LogP contribution < -0.4 is 0 Å². The molecule has 0 aliphatic heterocycles. The first-order chi connectivity index (χ1) is 9.63. The first-order valence-electron chi connectivity index (χ1n) is 8.17. The van der Waals surface area contributed by atoms with E-state index >= 15 is 0 Å². The van der Waals surface area contributed by atoms with Crippen LogP contribution in [0.25, 0.3) is 0 Å². The van der Waals surface area contributed by atoms with Crippen molar-refractivity contribution in [3.05, 3.63) is 12.2 Å². The molecule has 3 heteroatoms. The highest BCUT2D eigenvalue weighted by Crippen LogP contribution is 2.10. The number of aliphatic hydroxyl groups is 1. The highest BCUT2D eigenvalue weighted by molar-refractivity contribution is 5.66. The van der Waals surface area contributed by atoms with E-state index in [0.29, 0.717) is 6.42 Å². The molecule has 0 amide bonds. The largest absolute Gasteiger partial charge is 0.481 e. The summed E-state index contributed by atoms with van der Waals surface area (Å²) in [7, 11) is 0. The van der Waals surface area contributed by atoms with Crippen molar-refractivity contribution in [2.45, 2.75) is 90.1 Å². The Morgan fingerprint density at radius 3 is 1.95 bits per heavy atom. The molecule has 0 aromatic carbocycles. The van der Waals surface area contributed by atoms with Gasteiger partial charge in [0.15, 0.2) is 0 Å². The van der Waals surface area contributed by atoms with Crippen LogP contribution in [0.15, 0.2) is 12.2 Å². The number of hydrogen-bond acceptors (Lipinski definition) is 2. The lowest BCUT2D eigenvalue weighted by Gasteiger charge is -2.03. The molecule has 20 heavy (non-hydrogen) atoms. The average molecular weight is 284 g/mol. The van der Waals surface area contributed by atoms with Crippen molar-refractivity contribution in [1.29, 1.82) is 0 Å². The predicted octanol–water partition coefficient (Wildman–Crippen LogP) is 4.69. The van der Waals surface area contributed by atoms with Gasteiger partial charge < -0.3 is 10.2 Å². The lowest BCUT2D eigenvalue weighted by Crippen LogP contribution is -1.98. The Morgan fingerprint density at radius 2 is 1.40 bits per heavy atom. The fourth-order valence-corrected chi connectivity index (χ4v) is 2.18. The molecule has 0 heterocycles. The molecule has 0 bridgehead atoms. The van der Waals surface area contributed by atoms with Gasteiger partial charge in [0.1, 0.15) is 0 Å². The van der Waals surface area contributed by atoms with Gasteiger partial charge in [0, 0.05) is 6.42 Å². The van der Waals surface area contributed by atoms with Gasteiger partial charge in [0.25, 0.3) is 0 Å². The molecule has 0 aromatic rings. The van der Waals surface area contributed by atoms with Crippen LogP contribution >= 0.6 is 0 Å². The topological polar surface area (TPSA) is 57.5 Å². The van der Waals surface area contributed by atoms with Crippen LogP contribution in [0.4, 0.5) is 0 Å². The summed E-state index contributed by atoms with van der Waals surface area (Å²) in [5.74, 6) is -0.692. The SMILES string of the molecule is CC(O)CCCCCCCCC=CCCCCC(=O)O. The van der Waals surface area contributed by atoms with E-state index in [1.807, 2.05) is 6.92 Å². The summed E-state index contributed by atoms with van der Waals surface area (Å²) in [5.41, 5.74) is 0. The third-order valence-electron chi connectivity index (χ3n) is 3.42. The zero-order valence-electron chi connectivity index (χ0n) is 13.0. The molecule has 1 unspecified atom stereocenters. The van der Waals surface area contributed by atoms with Crippen molar-refractivity contribution in [3.63, 3.8) is 0 Å². The van der Waals surface area contributed by atoms with Gasteiger partial charge in [-0.1, -0.05) is 44.3 Å². The Hall–Kier alpha value is -0.830. The van der Waals surface area contributed by atoms with Crippen molar-refractivity contribution >= 4 is 5.97 Å². The molecule has 0 spiro atoms. The predicted molar refractivity (Wildman–Crippen MR) is 83.9 cm³/mol. The lowest BCUT2D eigenvalue weighted by atomic mass is 10.1. The van der Waals surface area contributed by atoms with Gasteiger partial charge in [0.05, 0.1) is 6.10 Å². The summed E-state index contributed by atoms with van der Waals surface area (Å²) in [6.07, 6.45) is 16.9. The zero-order chi connectivity index (χ0) is 15.1. The number of carboxylic acids is 1. The van der Waals surface area contributed by atoms with Gasteiger partial charge in [-0.15, -0.1) is 0 Å². The Balaban J connectivity index is 3.10. The summed E-state index contributed by atoms with van der Waals surface area (Å²) in [6, 6.07) is 0. The van der Waals surface area contributed by atoms with Crippen molar-refractivity contribution in [2.75, 3.05) is 0 Å². The quantitative estimate of drug-likeness (QED) is 0.359. The molecule has 0 saturated carbocycles. The molecule has 0 rings (SSSR count). The van der Waals surface area contributed by atoms with Gasteiger partial charge in [0.2, 0.25) is 0 Å². The van der Waals surface area contributed by atoms with Crippen LogP contribution in [0.5, 0.6) is 0 Å². The fourth-order valence-electron chi connectivity index (χ4n) is 2.18.